The van der Waals surface area contributed by atoms with E-state index in [1.165, 1.54) is 19.3 Å². The van der Waals surface area contributed by atoms with Crippen LogP contribution in [0, 0.1) is 0 Å². The first-order valence-electron chi connectivity index (χ1n) is 3.29. The van der Waals surface area contributed by atoms with Crippen LogP contribution in [0.5, 0.6) is 0 Å². The zero-order chi connectivity index (χ0) is 5.82. The molecule has 0 unspecified atom stereocenters. The molecule has 0 aliphatic heterocycles. The van der Waals surface area contributed by atoms with Crippen molar-refractivity contribution in [1.29, 1.82) is 0 Å². The summed E-state index contributed by atoms with van der Waals surface area (Å²) in [5.41, 5.74) is 1.80. The van der Waals surface area contributed by atoms with Crippen LogP contribution in [0.25, 0.3) is 0 Å². The van der Waals surface area contributed by atoms with E-state index in [2.05, 4.69) is 0 Å². The fraction of sp³-hybridized carbons (Fsp3) is 1.00. The molecular weight excluding hydrogens is 105 g/mol. The summed E-state index contributed by atoms with van der Waals surface area (Å²) in [6, 6.07) is 0.170. The number of hydrogen-bond donors (Lipinski definition) is 1. The molecule has 0 aromatic heterocycles. The van der Waals surface area contributed by atoms with Crippen LogP contribution in [0.3, 0.4) is 0 Å². The lowest BCUT2D eigenvalue weighted by molar-refractivity contribution is 0.226. The standard InChI is InChI=1S/C6H12FN/c7-8-6-4-2-1-3-5-6/h6,8H,1-5H2. The van der Waals surface area contributed by atoms with Gasteiger partial charge in [-0.3, -0.25) is 0 Å². The van der Waals surface area contributed by atoms with Gasteiger partial charge in [0, 0.05) is 6.04 Å². The smallest absolute Gasteiger partial charge is 0.0371 e. The van der Waals surface area contributed by atoms with Gasteiger partial charge in [0.05, 0.1) is 0 Å². The van der Waals surface area contributed by atoms with Crippen LogP contribution in [0.1, 0.15) is 32.1 Å². The maximum Gasteiger partial charge on any atom is 0.0371 e. The molecule has 1 rings (SSSR count). The molecule has 0 atom stereocenters. The average molecular weight is 117 g/mol. The Morgan fingerprint density at radius 3 is 2.12 bits per heavy atom. The van der Waals surface area contributed by atoms with Crippen LogP contribution in [0.4, 0.5) is 4.48 Å². The first-order chi connectivity index (χ1) is 3.93. The molecule has 1 nitrogen and oxygen atoms in total. The molecule has 1 aliphatic rings. The maximum absolute atomic E-state index is 11.6. The van der Waals surface area contributed by atoms with Crippen molar-refractivity contribution in [1.82, 2.24) is 5.54 Å². The molecule has 0 amide bonds. The van der Waals surface area contributed by atoms with E-state index in [9.17, 15) is 4.48 Å². The van der Waals surface area contributed by atoms with Gasteiger partial charge in [0.2, 0.25) is 0 Å². The minimum Gasteiger partial charge on any atom is -0.156 e. The third-order valence-electron chi connectivity index (χ3n) is 1.76. The first-order valence-corrected chi connectivity index (χ1v) is 3.29. The Bertz CT molecular complexity index is 59.5. The van der Waals surface area contributed by atoms with Crippen molar-refractivity contribution < 1.29 is 4.48 Å². The van der Waals surface area contributed by atoms with Crippen LogP contribution in [0.2, 0.25) is 0 Å². The Morgan fingerprint density at radius 1 is 1.12 bits per heavy atom. The highest BCUT2D eigenvalue weighted by Gasteiger charge is 2.11. The van der Waals surface area contributed by atoms with Crippen molar-refractivity contribution in [3.05, 3.63) is 0 Å². The van der Waals surface area contributed by atoms with Gasteiger partial charge in [0.15, 0.2) is 0 Å². The van der Waals surface area contributed by atoms with E-state index in [4.69, 9.17) is 0 Å². The first kappa shape index (κ1) is 6.02. The van der Waals surface area contributed by atoms with E-state index in [0.29, 0.717) is 0 Å². The molecule has 48 valence electrons. The zero-order valence-corrected chi connectivity index (χ0v) is 4.99. The fourth-order valence-corrected chi connectivity index (χ4v) is 1.21. The van der Waals surface area contributed by atoms with E-state index in [-0.39, 0.29) is 6.04 Å². The molecular formula is C6H12FN. The van der Waals surface area contributed by atoms with E-state index in [1.807, 2.05) is 0 Å². The molecule has 1 saturated carbocycles. The number of rotatable bonds is 1. The van der Waals surface area contributed by atoms with Gasteiger partial charge >= 0.3 is 0 Å². The quantitative estimate of drug-likeness (QED) is 0.516. The molecule has 1 aliphatic carbocycles. The number of hydrogen-bond acceptors (Lipinski definition) is 1. The third-order valence-corrected chi connectivity index (χ3v) is 1.76. The van der Waals surface area contributed by atoms with Gasteiger partial charge in [-0.25, -0.2) is 0 Å². The van der Waals surface area contributed by atoms with Crippen LogP contribution >= 0.6 is 0 Å². The van der Waals surface area contributed by atoms with Gasteiger partial charge in [-0.1, -0.05) is 19.3 Å². The second-order valence-electron chi connectivity index (χ2n) is 2.44. The summed E-state index contributed by atoms with van der Waals surface area (Å²) < 4.78 is 11.6. The lowest BCUT2D eigenvalue weighted by atomic mass is 9.96. The predicted molar refractivity (Wildman–Crippen MR) is 31.1 cm³/mol. The highest BCUT2D eigenvalue weighted by atomic mass is 19.2. The van der Waals surface area contributed by atoms with Gasteiger partial charge in [0.1, 0.15) is 0 Å². The van der Waals surface area contributed by atoms with Crippen molar-refractivity contribution in [2.45, 2.75) is 38.1 Å². The molecule has 1 N–H and O–H groups in total. The van der Waals surface area contributed by atoms with E-state index in [0.717, 1.165) is 12.8 Å². The van der Waals surface area contributed by atoms with Crippen molar-refractivity contribution in [2.75, 3.05) is 0 Å². The molecule has 0 saturated heterocycles. The second-order valence-corrected chi connectivity index (χ2v) is 2.44. The fourth-order valence-electron chi connectivity index (χ4n) is 1.21. The van der Waals surface area contributed by atoms with Crippen LogP contribution in [0.15, 0.2) is 0 Å². The number of nitrogens with one attached hydrogen (secondary N) is 1. The second kappa shape index (κ2) is 3.02. The van der Waals surface area contributed by atoms with Crippen molar-refractivity contribution in [3.63, 3.8) is 0 Å². The largest absolute Gasteiger partial charge is 0.156 e. The molecule has 0 aromatic carbocycles. The van der Waals surface area contributed by atoms with Crippen LogP contribution in [-0.2, 0) is 0 Å². The summed E-state index contributed by atoms with van der Waals surface area (Å²) in [6.07, 6.45) is 5.73. The minimum absolute atomic E-state index is 0.170. The summed E-state index contributed by atoms with van der Waals surface area (Å²) in [5.74, 6) is 0. The molecule has 0 aromatic rings. The molecule has 0 heterocycles. The molecule has 2 heteroatoms. The van der Waals surface area contributed by atoms with E-state index >= 15 is 0 Å². The topological polar surface area (TPSA) is 12.0 Å². The third kappa shape index (κ3) is 1.44. The van der Waals surface area contributed by atoms with Crippen molar-refractivity contribution in [2.24, 2.45) is 0 Å². The maximum atomic E-state index is 11.6. The van der Waals surface area contributed by atoms with Gasteiger partial charge in [-0.2, -0.15) is 5.54 Å². The normalized spacial score (nSPS) is 23.6. The van der Waals surface area contributed by atoms with E-state index in [1.54, 1.807) is 5.54 Å². The summed E-state index contributed by atoms with van der Waals surface area (Å²) in [7, 11) is 0. The minimum atomic E-state index is 0.170. The lowest BCUT2D eigenvalue weighted by Gasteiger charge is -2.17. The Hall–Kier alpha value is -0.110. The molecule has 1 fully saturated rings. The predicted octanol–water partition coefficient (Wildman–Crippen LogP) is 1.79. The monoisotopic (exact) mass is 117 g/mol. The summed E-state index contributed by atoms with van der Waals surface area (Å²) in [6.45, 7) is 0. The van der Waals surface area contributed by atoms with Crippen molar-refractivity contribution in [3.8, 4) is 0 Å². The summed E-state index contributed by atoms with van der Waals surface area (Å²) in [5, 5.41) is 0. The highest BCUT2D eigenvalue weighted by molar-refractivity contribution is 4.67. The van der Waals surface area contributed by atoms with Crippen LogP contribution in [-0.4, -0.2) is 6.04 Å². The molecule has 0 bridgehead atoms. The lowest BCUT2D eigenvalue weighted by Crippen LogP contribution is -2.23. The Labute approximate surface area is 49.2 Å². The molecule has 0 radical (unpaired) electrons. The average Bonchev–Trinajstić information content (AvgIpc) is 1.90. The molecule has 0 spiro atoms. The van der Waals surface area contributed by atoms with Gasteiger partial charge in [-0.15, -0.1) is 4.48 Å². The summed E-state index contributed by atoms with van der Waals surface area (Å²) >= 11 is 0. The zero-order valence-electron chi connectivity index (χ0n) is 4.99. The SMILES string of the molecule is FNC1CCCCC1. The Balaban J connectivity index is 2.13. The van der Waals surface area contributed by atoms with Crippen LogP contribution < -0.4 is 5.54 Å². The molecule has 8 heavy (non-hydrogen) atoms. The van der Waals surface area contributed by atoms with E-state index < -0.39 is 0 Å². The summed E-state index contributed by atoms with van der Waals surface area (Å²) in [4.78, 5) is 0. The van der Waals surface area contributed by atoms with Gasteiger partial charge in [0.25, 0.3) is 0 Å². The Kier molecular flexibility index (Phi) is 2.27. The highest BCUT2D eigenvalue weighted by Crippen LogP contribution is 2.16. The van der Waals surface area contributed by atoms with Crippen molar-refractivity contribution >= 4 is 0 Å². The van der Waals surface area contributed by atoms with Gasteiger partial charge < -0.3 is 0 Å². The van der Waals surface area contributed by atoms with Gasteiger partial charge in [-0.05, 0) is 12.8 Å². The Morgan fingerprint density at radius 2 is 1.75 bits per heavy atom. The number of halogens is 1.